The molecule has 1 N–H and O–H groups in total. The predicted molar refractivity (Wildman–Crippen MR) is 58.9 cm³/mol. The van der Waals surface area contributed by atoms with Crippen LogP contribution in [0.5, 0.6) is 0 Å². The highest BCUT2D eigenvalue weighted by atomic mass is 14.9. The van der Waals surface area contributed by atoms with E-state index in [1.165, 1.54) is 38.6 Å². The molecule has 0 aromatic carbocycles. The lowest BCUT2D eigenvalue weighted by atomic mass is 9.87. The lowest BCUT2D eigenvalue weighted by molar-refractivity contribution is 0.336. The van der Waals surface area contributed by atoms with Crippen molar-refractivity contribution < 1.29 is 0 Å². The van der Waals surface area contributed by atoms with Crippen molar-refractivity contribution in [2.75, 3.05) is 6.54 Å². The van der Waals surface area contributed by atoms with Crippen LogP contribution < -0.4 is 5.32 Å². The maximum atomic E-state index is 3.57. The molecule has 0 spiro atoms. The van der Waals surface area contributed by atoms with E-state index < -0.39 is 0 Å². The Morgan fingerprint density at radius 2 is 2.23 bits per heavy atom. The predicted octanol–water partition coefficient (Wildman–Crippen LogP) is 3.20. The third-order valence-corrected chi connectivity index (χ3v) is 3.40. The third-order valence-electron chi connectivity index (χ3n) is 3.40. The van der Waals surface area contributed by atoms with E-state index in [2.05, 4.69) is 26.1 Å². The van der Waals surface area contributed by atoms with Gasteiger partial charge in [0.1, 0.15) is 0 Å². The van der Waals surface area contributed by atoms with Gasteiger partial charge in [-0.1, -0.05) is 20.3 Å². The molecule has 1 aliphatic rings. The molecular formula is C12H25N. The maximum Gasteiger partial charge on any atom is 0.00413 e. The van der Waals surface area contributed by atoms with Crippen LogP contribution in [0.15, 0.2) is 0 Å². The topological polar surface area (TPSA) is 12.0 Å². The van der Waals surface area contributed by atoms with Gasteiger partial charge in [0.15, 0.2) is 0 Å². The smallest absolute Gasteiger partial charge is 0.00413 e. The third kappa shape index (κ3) is 4.12. The molecule has 1 heteroatoms. The van der Waals surface area contributed by atoms with E-state index in [9.17, 15) is 0 Å². The SMILES string of the molecule is CCC(C)CC1CCCNC(C)C1. The Morgan fingerprint density at radius 1 is 1.46 bits per heavy atom. The van der Waals surface area contributed by atoms with Gasteiger partial charge in [-0.05, 0) is 51.0 Å². The number of rotatable bonds is 3. The van der Waals surface area contributed by atoms with Crippen LogP contribution in [-0.2, 0) is 0 Å². The normalized spacial score (nSPS) is 32.5. The van der Waals surface area contributed by atoms with Crippen molar-refractivity contribution in [3.8, 4) is 0 Å². The fraction of sp³-hybridized carbons (Fsp3) is 1.00. The van der Waals surface area contributed by atoms with E-state index in [0.717, 1.165) is 17.9 Å². The summed E-state index contributed by atoms with van der Waals surface area (Å²) in [6.07, 6.45) is 7.01. The molecule has 1 nitrogen and oxygen atoms in total. The van der Waals surface area contributed by atoms with E-state index in [4.69, 9.17) is 0 Å². The van der Waals surface area contributed by atoms with Crippen molar-refractivity contribution in [2.45, 2.75) is 58.9 Å². The molecule has 1 rings (SSSR count). The molecule has 0 saturated carbocycles. The average Bonchev–Trinajstić information content (AvgIpc) is 2.30. The molecular weight excluding hydrogens is 158 g/mol. The fourth-order valence-corrected chi connectivity index (χ4v) is 2.39. The van der Waals surface area contributed by atoms with Gasteiger partial charge in [0.05, 0.1) is 0 Å². The van der Waals surface area contributed by atoms with Crippen molar-refractivity contribution in [2.24, 2.45) is 11.8 Å². The van der Waals surface area contributed by atoms with Crippen LogP contribution in [0.2, 0.25) is 0 Å². The molecule has 3 atom stereocenters. The van der Waals surface area contributed by atoms with Crippen molar-refractivity contribution in [3.63, 3.8) is 0 Å². The molecule has 0 aliphatic carbocycles. The first-order chi connectivity index (χ1) is 6.22. The van der Waals surface area contributed by atoms with Gasteiger partial charge in [-0.25, -0.2) is 0 Å². The number of hydrogen-bond acceptors (Lipinski definition) is 1. The Balaban J connectivity index is 2.30. The summed E-state index contributed by atoms with van der Waals surface area (Å²) in [7, 11) is 0. The van der Waals surface area contributed by atoms with Crippen LogP contribution in [0.25, 0.3) is 0 Å². The molecule has 0 bridgehead atoms. The molecule has 0 radical (unpaired) electrons. The summed E-state index contributed by atoms with van der Waals surface area (Å²) in [6, 6.07) is 0.747. The Kier molecular flexibility index (Phi) is 4.79. The summed E-state index contributed by atoms with van der Waals surface area (Å²) >= 11 is 0. The molecule has 78 valence electrons. The Labute approximate surface area is 83.3 Å². The summed E-state index contributed by atoms with van der Waals surface area (Å²) in [5, 5.41) is 3.57. The first-order valence-corrected chi connectivity index (χ1v) is 5.95. The Bertz CT molecular complexity index is 133. The largest absolute Gasteiger partial charge is 0.314 e. The quantitative estimate of drug-likeness (QED) is 0.708. The fourth-order valence-electron chi connectivity index (χ4n) is 2.39. The average molecular weight is 183 g/mol. The van der Waals surface area contributed by atoms with Crippen LogP contribution in [-0.4, -0.2) is 12.6 Å². The minimum atomic E-state index is 0.747. The van der Waals surface area contributed by atoms with E-state index >= 15 is 0 Å². The number of hydrogen-bond donors (Lipinski definition) is 1. The summed E-state index contributed by atoms with van der Waals surface area (Å²) in [5.41, 5.74) is 0. The zero-order valence-electron chi connectivity index (χ0n) is 9.47. The standard InChI is InChI=1S/C12H25N/c1-4-10(2)8-12-6-5-7-13-11(3)9-12/h10-13H,4-9H2,1-3H3. The van der Waals surface area contributed by atoms with Gasteiger partial charge in [-0.15, -0.1) is 0 Å². The first-order valence-electron chi connectivity index (χ1n) is 5.95. The number of nitrogens with one attached hydrogen (secondary N) is 1. The van der Waals surface area contributed by atoms with E-state index in [1.54, 1.807) is 0 Å². The molecule has 1 aliphatic heterocycles. The zero-order valence-corrected chi connectivity index (χ0v) is 9.47. The highest BCUT2D eigenvalue weighted by Gasteiger charge is 2.17. The monoisotopic (exact) mass is 183 g/mol. The van der Waals surface area contributed by atoms with Gasteiger partial charge in [0, 0.05) is 6.04 Å². The molecule has 3 unspecified atom stereocenters. The van der Waals surface area contributed by atoms with Gasteiger partial charge >= 0.3 is 0 Å². The van der Waals surface area contributed by atoms with Gasteiger partial charge in [0.2, 0.25) is 0 Å². The second kappa shape index (κ2) is 5.64. The van der Waals surface area contributed by atoms with Gasteiger partial charge in [0.25, 0.3) is 0 Å². The summed E-state index contributed by atoms with van der Waals surface area (Å²) in [5.74, 6) is 1.91. The second-order valence-corrected chi connectivity index (χ2v) is 4.85. The lowest BCUT2D eigenvalue weighted by Gasteiger charge is -2.20. The Morgan fingerprint density at radius 3 is 2.92 bits per heavy atom. The maximum absolute atomic E-state index is 3.57. The molecule has 1 saturated heterocycles. The highest BCUT2D eigenvalue weighted by molar-refractivity contribution is 4.74. The minimum Gasteiger partial charge on any atom is -0.314 e. The van der Waals surface area contributed by atoms with Crippen LogP contribution in [0.3, 0.4) is 0 Å². The molecule has 0 aromatic heterocycles. The molecule has 0 amide bonds. The van der Waals surface area contributed by atoms with Crippen molar-refractivity contribution >= 4 is 0 Å². The van der Waals surface area contributed by atoms with Crippen LogP contribution in [0.4, 0.5) is 0 Å². The van der Waals surface area contributed by atoms with Crippen LogP contribution in [0, 0.1) is 11.8 Å². The highest BCUT2D eigenvalue weighted by Crippen LogP contribution is 2.25. The van der Waals surface area contributed by atoms with Gasteiger partial charge in [-0.2, -0.15) is 0 Å². The second-order valence-electron chi connectivity index (χ2n) is 4.85. The Hall–Kier alpha value is -0.0400. The molecule has 1 fully saturated rings. The summed E-state index contributed by atoms with van der Waals surface area (Å²) in [4.78, 5) is 0. The molecule has 1 heterocycles. The first kappa shape index (κ1) is 11.0. The zero-order chi connectivity index (χ0) is 9.68. The van der Waals surface area contributed by atoms with Crippen LogP contribution in [0.1, 0.15) is 52.9 Å². The summed E-state index contributed by atoms with van der Waals surface area (Å²) < 4.78 is 0. The lowest BCUT2D eigenvalue weighted by Crippen LogP contribution is -2.25. The van der Waals surface area contributed by atoms with Crippen molar-refractivity contribution in [1.29, 1.82) is 0 Å². The van der Waals surface area contributed by atoms with E-state index in [-0.39, 0.29) is 0 Å². The van der Waals surface area contributed by atoms with E-state index in [0.29, 0.717) is 0 Å². The van der Waals surface area contributed by atoms with Crippen LogP contribution >= 0.6 is 0 Å². The van der Waals surface area contributed by atoms with Crippen molar-refractivity contribution in [3.05, 3.63) is 0 Å². The van der Waals surface area contributed by atoms with Gasteiger partial charge < -0.3 is 5.32 Å². The molecule has 13 heavy (non-hydrogen) atoms. The van der Waals surface area contributed by atoms with Crippen molar-refractivity contribution in [1.82, 2.24) is 5.32 Å². The molecule has 0 aromatic rings. The van der Waals surface area contributed by atoms with E-state index in [1.807, 2.05) is 0 Å². The minimum absolute atomic E-state index is 0.747. The summed E-state index contributed by atoms with van der Waals surface area (Å²) in [6.45, 7) is 8.26. The van der Waals surface area contributed by atoms with Gasteiger partial charge in [-0.3, -0.25) is 0 Å².